The second kappa shape index (κ2) is 8.76. The van der Waals surface area contributed by atoms with E-state index in [0.717, 1.165) is 0 Å². The van der Waals surface area contributed by atoms with Crippen molar-refractivity contribution in [1.82, 2.24) is 5.32 Å². The van der Waals surface area contributed by atoms with Gasteiger partial charge in [-0.3, -0.25) is 10.1 Å². The summed E-state index contributed by atoms with van der Waals surface area (Å²) in [6.45, 7) is 6.81. The smallest absolute Gasteiger partial charge is 0.337 e. The summed E-state index contributed by atoms with van der Waals surface area (Å²) in [5.74, 6) is -2.12. The van der Waals surface area contributed by atoms with Crippen molar-refractivity contribution >= 4 is 23.3 Å². The number of nitro groups is 1. The number of ether oxygens (including phenoxy) is 2. The lowest BCUT2D eigenvalue weighted by atomic mass is 9.80. The van der Waals surface area contributed by atoms with Crippen LogP contribution in [0.25, 0.3) is 0 Å². The van der Waals surface area contributed by atoms with Crippen LogP contribution in [-0.4, -0.2) is 37.1 Å². The molecule has 0 radical (unpaired) electrons. The third-order valence-corrected chi connectivity index (χ3v) is 4.55. The molecule has 9 heteroatoms. The van der Waals surface area contributed by atoms with Gasteiger partial charge in [-0.2, -0.15) is 0 Å². The minimum absolute atomic E-state index is 0.167. The van der Waals surface area contributed by atoms with Gasteiger partial charge in [0.05, 0.1) is 35.2 Å². The number of anilines is 1. The average molecular weight is 403 g/mol. The second-order valence-corrected chi connectivity index (χ2v) is 6.86. The molecule has 1 aliphatic rings. The van der Waals surface area contributed by atoms with Crippen LogP contribution < -0.4 is 10.6 Å². The van der Waals surface area contributed by atoms with Crippen molar-refractivity contribution < 1.29 is 24.0 Å². The van der Waals surface area contributed by atoms with Crippen molar-refractivity contribution in [3.8, 4) is 0 Å². The predicted molar refractivity (Wildman–Crippen MR) is 107 cm³/mol. The molecule has 0 spiro atoms. The molecule has 1 aliphatic heterocycles. The first kappa shape index (κ1) is 21.9. The highest BCUT2D eigenvalue weighted by Crippen LogP contribution is 2.41. The van der Waals surface area contributed by atoms with Crippen LogP contribution in [0, 0.1) is 10.1 Å². The Balaban J connectivity index is 2.75. The fraction of sp³-hybridized carbons (Fsp3) is 0.400. The van der Waals surface area contributed by atoms with E-state index in [2.05, 4.69) is 10.6 Å². The summed E-state index contributed by atoms with van der Waals surface area (Å²) in [5, 5.41) is 17.3. The topological polar surface area (TPSA) is 120 Å². The molecule has 1 heterocycles. The zero-order valence-electron chi connectivity index (χ0n) is 17.3. The lowest BCUT2D eigenvalue weighted by molar-refractivity contribution is -0.384. The summed E-state index contributed by atoms with van der Waals surface area (Å²) < 4.78 is 10.3. The molecular weight excluding hydrogens is 378 g/mol. The molecule has 0 aliphatic carbocycles. The fourth-order valence-electron chi connectivity index (χ4n) is 3.35. The van der Waals surface area contributed by atoms with Crippen LogP contribution in [-0.2, 0) is 19.1 Å². The average Bonchev–Trinajstić information content (AvgIpc) is 2.65. The van der Waals surface area contributed by atoms with Gasteiger partial charge in [-0.25, -0.2) is 9.59 Å². The van der Waals surface area contributed by atoms with Crippen LogP contribution in [0.15, 0.2) is 40.7 Å². The summed E-state index contributed by atoms with van der Waals surface area (Å²) in [6, 6.07) is 4.54. The van der Waals surface area contributed by atoms with Crippen molar-refractivity contribution in [1.29, 1.82) is 0 Å². The standard InChI is InChI=1S/C20H25N3O6/c1-10(2)29-20(25)17-12(4)22-11(3)16(19(24)28-6)18(17)13-7-8-14(21-5)15(9-13)23(26)27/h7-10,18,21-22H,1-6H3. The van der Waals surface area contributed by atoms with Crippen molar-refractivity contribution in [3.63, 3.8) is 0 Å². The number of hydrogen-bond acceptors (Lipinski definition) is 8. The van der Waals surface area contributed by atoms with Gasteiger partial charge in [-0.05, 0) is 39.3 Å². The molecule has 1 aromatic rings. The normalized spacial score (nSPS) is 16.4. The predicted octanol–water partition coefficient (Wildman–Crippen LogP) is 3.00. The van der Waals surface area contributed by atoms with Gasteiger partial charge in [-0.1, -0.05) is 6.07 Å². The van der Waals surface area contributed by atoms with Gasteiger partial charge in [0.15, 0.2) is 0 Å². The van der Waals surface area contributed by atoms with Crippen molar-refractivity contribution in [3.05, 3.63) is 56.4 Å². The van der Waals surface area contributed by atoms with Gasteiger partial charge in [0.1, 0.15) is 5.69 Å². The zero-order valence-corrected chi connectivity index (χ0v) is 17.3. The number of methoxy groups -OCH3 is 1. The molecule has 2 rings (SSSR count). The second-order valence-electron chi connectivity index (χ2n) is 6.86. The van der Waals surface area contributed by atoms with E-state index in [1.54, 1.807) is 46.9 Å². The highest BCUT2D eigenvalue weighted by atomic mass is 16.6. The molecule has 0 fully saturated rings. The first-order chi connectivity index (χ1) is 13.6. The fourth-order valence-corrected chi connectivity index (χ4v) is 3.35. The highest BCUT2D eigenvalue weighted by Gasteiger charge is 2.38. The zero-order chi connectivity index (χ0) is 21.9. The van der Waals surface area contributed by atoms with E-state index in [1.807, 2.05) is 0 Å². The van der Waals surface area contributed by atoms with Crippen LogP contribution in [0.3, 0.4) is 0 Å². The molecule has 0 aromatic heterocycles. The van der Waals surface area contributed by atoms with Crippen LogP contribution in [0.4, 0.5) is 11.4 Å². The molecule has 2 N–H and O–H groups in total. The van der Waals surface area contributed by atoms with E-state index in [-0.39, 0.29) is 22.9 Å². The lowest BCUT2D eigenvalue weighted by Crippen LogP contribution is -2.33. The first-order valence-electron chi connectivity index (χ1n) is 9.06. The number of rotatable bonds is 6. The number of dihydropyridines is 1. The maximum absolute atomic E-state index is 12.9. The van der Waals surface area contributed by atoms with Gasteiger partial charge < -0.3 is 20.1 Å². The van der Waals surface area contributed by atoms with E-state index in [4.69, 9.17) is 9.47 Å². The molecule has 1 atom stereocenters. The van der Waals surface area contributed by atoms with E-state index >= 15 is 0 Å². The largest absolute Gasteiger partial charge is 0.466 e. The summed E-state index contributed by atoms with van der Waals surface area (Å²) in [5.41, 5.74) is 1.97. The minimum atomic E-state index is -0.875. The van der Waals surface area contributed by atoms with Crippen LogP contribution in [0.2, 0.25) is 0 Å². The molecule has 9 nitrogen and oxygen atoms in total. The van der Waals surface area contributed by atoms with Gasteiger partial charge in [0.25, 0.3) is 5.69 Å². The number of nitro benzene ring substituents is 1. The summed E-state index contributed by atoms with van der Waals surface area (Å²) in [7, 11) is 2.81. The van der Waals surface area contributed by atoms with Crippen LogP contribution in [0.1, 0.15) is 39.2 Å². The molecule has 0 bridgehead atoms. The van der Waals surface area contributed by atoms with E-state index in [1.165, 1.54) is 13.2 Å². The molecule has 1 aromatic carbocycles. The Hall–Kier alpha value is -3.36. The molecule has 0 saturated carbocycles. The van der Waals surface area contributed by atoms with Gasteiger partial charge in [0, 0.05) is 24.5 Å². The summed E-state index contributed by atoms with van der Waals surface area (Å²) >= 11 is 0. The van der Waals surface area contributed by atoms with Gasteiger partial charge >= 0.3 is 11.9 Å². The number of allylic oxidation sites excluding steroid dienone is 2. The third kappa shape index (κ3) is 4.39. The molecule has 0 amide bonds. The van der Waals surface area contributed by atoms with Crippen molar-refractivity contribution in [2.45, 2.75) is 39.7 Å². The Morgan fingerprint density at radius 3 is 2.24 bits per heavy atom. The maximum atomic E-state index is 12.9. The Labute approximate surface area is 168 Å². The third-order valence-electron chi connectivity index (χ3n) is 4.55. The number of nitrogens with zero attached hydrogens (tertiary/aromatic N) is 1. The Morgan fingerprint density at radius 2 is 1.76 bits per heavy atom. The van der Waals surface area contributed by atoms with Gasteiger partial charge in [-0.15, -0.1) is 0 Å². The van der Waals surface area contributed by atoms with Crippen LogP contribution >= 0.6 is 0 Å². The molecule has 1 unspecified atom stereocenters. The van der Waals surface area contributed by atoms with E-state index in [9.17, 15) is 19.7 Å². The number of esters is 2. The van der Waals surface area contributed by atoms with Crippen LogP contribution in [0.5, 0.6) is 0 Å². The minimum Gasteiger partial charge on any atom is -0.466 e. The Bertz CT molecular complexity index is 917. The molecule has 156 valence electrons. The van der Waals surface area contributed by atoms with Gasteiger partial charge in [0.2, 0.25) is 0 Å². The number of benzene rings is 1. The molecular formula is C20H25N3O6. The Morgan fingerprint density at radius 1 is 1.17 bits per heavy atom. The van der Waals surface area contributed by atoms with E-state index in [0.29, 0.717) is 22.6 Å². The maximum Gasteiger partial charge on any atom is 0.337 e. The molecule has 29 heavy (non-hydrogen) atoms. The number of carbonyl (C=O) groups excluding carboxylic acids is 2. The summed E-state index contributed by atoms with van der Waals surface area (Å²) in [4.78, 5) is 36.4. The molecule has 0 saturated heterocycles. The number of nitrogens with one attached hydrogen (secondary N) is 2. The monoisotopic (exact) mass is 403 g/mol. The van der Waals surface area contributed by atoms with E-state index < -0.39 is 22.8 Å². The Kier molecular flexibility index (Phi) is 6.63. The number of carbonyl (C=O) groups is 2. The number of hydrogen-bond donors (Lipinski definition) is 2. The lowest BCUT2D eigenvalue weighted by Gasteiger charge is -2.30. The van der Waals surface area contributed by atoms with Crippen molar-refractivity contribution in [2.24, 2.45) is 0 Å². The highest BCUT2D eigenvalue weighted by molar-refractivity contribution is 6.00. The quantitative estimate of drug-likeness (QED) is 0.423. The first-order valence-corrected chi connectivity index (χ1v) is 9.06. The van der Waals surface area contributed by atoms with Crippen molar-refractivity contribution in [2.75, 3.05) is 19.5 Å². The SMILES string of the molecule is CNc1ccc(C2C(C(=O)OC)=C(C)NC(C)=C2C(=O)OC(C)C)cc1[N+](=O)[O-]. The summed E-state index contributed by atoms with van der Waals surface area (Å²) in [6.07, 6.45) is -0.377.